The average Bonchev–Trinajstić information content (AvgIpc) is 2.45. The van der Waals surface area contributed by atoms with Crippen molar-refractivity contribution >= 4 is 22.6 Å². The van der Waals surface area contributed by atoms with Crippen molar-refractivity contribution in [2.75, 3.05) is 25.1 Å². The predicted octanol–water partition coefficient (Wildman–Crippen LogP) is 2.40. The van der Waals surface area contributed by atoms with E-state index < -0.39 is 5.97 Å². The number of benzene rings is 1. The number of carboxylic acid groups (broad SMARTS) is 1. The number of methoxy groups -OCH3 is 1. The van der Waals surface area contributed by atoms with E-state index in [1.54, 1.807) is 20.2 Å². The van der Waals surface area contributed by atoms with Gasteiger partial charge in [0.25, 0.3) is 0 Å². The Morgan fingerprint density at radius 1 is 1.43 bits per heavy atom. The van der Waals surface area contributed by atoms with Gasteiger partial charge in [0.1, 0.15) is 11.6 Å². The molecular formula is C16H18N2O3. The van der Waals surface area contributed by atoms with Gasteiger partial charge in [-0.05, 0) is 29.7 Å². The number of aliphatic carboxylic acids is 1. The fourth-order valence-electron chi connectivity index (χ4n) is 2.72. The fraction of sp³-hybridized carbons (Fsp3) is 0.375. The zero-order chi connectivity index (χ0) is 15.0. The Morgan fingerprint density at radius 3 is 2.86 bits per heavy atom. The van der Waals surface area contributed by atoms with Gasteiger partial charge in [-0.15, -0.1) is 0 Å². The number of aromatic nitrogens is 1. The highest BCUT2D eigenvalue weighted by Crippen LogP contribution is 2.33. The molecule has 1 saturated heterocycles. The highest BCUT2D eigenvalue weighted by atomic mass is 16.5. The van der Waals surface area contributed by atoms with Crippen LogP contribution in [-0.4, -0.2) is 36.3 Å². The number of carbonyl (C=O) groups is 1. The van der Waals surface area contributed by atoms with Crippen LogP contribution in [0.4, 0.5) is 5.82 Å². The highest BCUT2D eigenvalue weighted by molar-refractivity contribution is 5.93. The van der Waals surface area contributed by atoms with E-state index in [-0.39, 0.29) is 11.8 Å². The molecule has 1 N–H and O–H groups in total. The topological polar surface area (TPSA) is 62.7 Å². The second kappa shape index (κ2) is 5.24. The molecule has 0 spiro atoms. The number of nitrogens with zero attached hydrogens (tertiary/aromatic N) is 2. The Labute approximate surface area is 123 Å². The van der Waals surface area contributed by atoms with Crippen LogP contribution in [0.25, 0.3) is 10.8 Å². The third-order valence-electron chi connectivity index (χ3n) is 4.26. The summed E-state index contributed by atoms with van der Waals surface area (Å²) in [5.41, 5.74) is 0. The van der Waals surface area contributed by atoms with Crippen molar-refractivity contribution in [3.63, 3.8) is 0 Å². The van der Waals surface area contributed by atoms with E-state index in [1.165, 1.54) is 0 Å². The molecule has 1 atom stereocenters. The van der Waals surface area contributed by atoms with Crippen LogP contribution in [0.3, 0.4) is 0 Å². The van der Waals surface area contributed by atoms with Gasteiger partial charge in [-0.2, -0.15) is 0 Å². The van der Waals surface area contributed by atoms with E-state index >= 15 is 0 Å². The maximum absolute atomic E-state index is 11.0. The normalized spacial score (nSPS) is 16.6. The van der Waals surface area contributed by atoms with Gasteiger partial charge < -0.3 is 14.7 Å². The first kappa shape index (κ1) is 13.7. The third-order valence-corrected chi connectivity index (χ3v) is 4.26. The minimum absolute atomic E-state index is 0.192. The van der Waals surface area contributed by atoms with Gasteiger partial charge in [0.2, 0.25) is 0 Å². The number of hydrogen-bond donors (Lipinski definition) is 1. The van der Waals surface area contributed by atoms with Crippen LogP contribution in [0.2, 0.25) is 0 Å². The van der Waals surface area contributed by atoms with Gasteiger partial charge in [0.15, 0.2) is 0 Å². The smallest absolute Gasteiger partial charge is 0.306 e. The van der Waals surface area contributed by atoms with Crippen molar-refractivity contribution in [3.05, 3.63) is 30.5 Å². The van der Waals surface area contributed by atoms with Gasteiger partial charge in [-0.25, -0.2) is 4.98 Å². The summed E-state index contributed by atoms with van der Waals surface area (Å²) in [5, 5.41) is 11.2. The molecule has 1 aromatic heterocycles. The molecule has 0 amide bonds. The van der Waals surface area contributed by atoms with Crippen molar-refractivity contribution in [1.82, 2.24) is 4.98 Å². The average molecular weight is 286 g/mol. The lowest BCUT2D eigenvalue weighted by Gasteiger charge is -2.42. The molecule has 1 unspecified atom stereocenters. The second-order valence-corrected chi connectivity index (χ2v) is 5.51. The molecule has 0 aliphatic carbocycles. The molecule has 2 aromatic rings. The molecule has 1 aromatic carbocycles. The standard InChI is InChI=1S/C16H18N2O3/c1-10(16(19)20)12-8-18(9-12)15-14-4-3-13(21-2)7-11(14)5-6-17-15/h3-7,10,12H,8-9H2,1-2H3,(H,19,20). The van der Waals surface area contributed by atoms with Gasteiger partial charge in [0.05, 0.1) is 13.0 Å². The number of anilines is 1. The highest BCUT2D eigenvalue weighted by Gasteiger charge is 2.35. The molecule has 0 saturated carbocycles. The van der Waals surface area contributed by atoms with E-state index in [2.05, 4.69) is 9.88 Å². The van der Waals surface area contributed by atoms with Crippen molar-refractivity contribution in [3.8, 4) is 5.75 Å². The first-order valence-electron chi connectivity index (χ1n) is 7.00. The Balaban J connectivity index is 1.84. The molecule has 5 heteroatoms. The SMILES string of the molecule is COc1ccc2c(N3CC(C(C)C(=O)O)C3)nccc2c1. The van der Waals surface area contributed by atoms with E-state index in [0.29, 0.717) is 0 Å². The zero-order valence-electron chi connectivity index (χ0n) is 12.1. The molecule has 3 rings (SSSR count). The van der Waals surface area contributed by atoms with E-state index in [4.69, 9.17) is 9.84 Å². The first-order chi connectivity index (χ1) is 10.1. The second-order valence-electron chi connectivity index (χ2n) is 5.51. The number of rotatable bonds is 4. The molecule has 1 aliphatic rings. The van der Waals surface area contributed by atoms with Crippen LogP contribution in [0, 0.1) is 11.8 Å². The molecule has 21 heavy (non-hydrogen) atoms. The van der Waals surface area contributed by atoms with Crippen molar-refractivity contribution in [2.24, 2.45) is 11.8 Å². The summed E-state index contributed by atoms with van der Waals surface area (Å²) in [6.07, 6.45) is 1.78. The molecule has 0 radical (unpaired) electrons. The Hall–Kier alpha value is -2.30. The summed E-state index contributed by atoms with van der Waals surface area (Å²) in [5.74, 6) is 0.897. The summed E-state index contributed by atoms with van der Waals surface area (Å²) < 4.78 is 5.24. The van der Waals surface area contributed by atoms with Crippen LogP contribution in [0.15, 0.2) is 30.5 Å². The lowest BCUT2D eigenvalue weighted by Crippen LogP contribution is -2.51. The van der Waals surface area contributed by atoms with Crippen LogP contribution in [0.5, 0.6) is 5.75 Å². The lowest BCUT2D eigenvalue weighted by molar-refractivity contribution is -0.143. The summed E-state index contributed by atoms with van der Waals surface area (Å²) in [7, 11) is 1.65. The third kappa shape index (κ3) is 2.39. The van der Waals surface area contributed by atoms with E-state index in [9.17, 15) is 4.79 Å². The maximum Gasteiger partial charge on any atom is 0.306 e. The summed E-state index contributed by atoms with van der Waals surface area (Å²) in [4.78, 5) is 17.6. The minimum atomic E-state index is -0.727. The van der Waals surface area contributed by atoms with Crippen LogP contribution >= 0.6 is 0 Å². The molecule has 110 valence electrons. The fourth-order valence-corrected chi connectivity index (χ4v) is 2.72. The molecule has 1 aliphatic heterocycles. The molecule has 0 bridgehead atoms. The van der Waals surface area contributed by atoms with Crippen LogP contribution in [0.1, 0.15) is 6.92 Å². The van der Waals surface area contributed by atoms with Crippen LogP contribution in [-0.2, 0) is 4.79 Å². The van der Waals surface area contributed by atoms with Gasteiger partial charge in [0, 0.05) is 30.6 Å². The van der Waals surface area contributed by atoms with E-state index in [1.807, 2.05) is 24.3 Å². The Kier molecular flexibility index (Phi) is 3.41. The summed E-state index contributed by atoms with van der Waals surface area (Å²) >= 11 is 0. The van der Waals surface area contributed by atoms with Gasteiger partial charge >= 0.3 is 5.97 Å². The number of ether oxygens (including phenoxy) is 1. The number of hydrogen-bond acceptors (Lipinski definition) is 4. The summed E-state index contributed by atoms with van der Waals surface area (Å²) in [6.45, 7) is 3.25. The zero-order valence-corrected chi connectivity index (χ0v) is 12.1. The first-order valence-corrected chi connectivity index (χ1v) is 7.00. The summed E-state index contributed by atoms with van der Waals surface area (Å²) in [6, 6.07) is 7.87. The number of carboxylic acids is 1. The largest absolute Gasteiger partial charge is 0.497 e. The van der Waals surface area contributed by atoms with Gasteiger partial charge in [-0.3, -0.25) is 4.79 Å². The van der Waals surface area contributed by atoms with Gasteiger partial charge in [-0.1, -0.05) is 6.92 Å². The van der Waals surface area contributed by atoms with Crippen LogP contribution < -0.4 is 9.64 Å². The molecule has 2 heterocycles. The lowest BCUT2D eigenvalue weighted by atomic mass is 9.87. The Bertz CT molecular complexity index is 680. The Morgan fingerprint density at radius 2 is 2.19 bits per heavy atom. The minimum Gasteiger partial charge on any atom is -0.497 e. The molecule has 5 nitrogen and oxygen atoms in total. The monoisotopic (exact) mass is 286 g/mol. The number of fused-ring (bicyclic) bond motifs is 1. The van der Waals surface area contributed by atoms with E-state index in [0.717, 1.165) is 35.4 Å². The predicted molar refractivity (Wildman–Crippen MR) is 80.8 cm³/mol. The van der Waals surface area contributed by atoms with Crippen molar-refractivity contribution in [2.45, 2.75) is 6.92 Å². The maximum atomic E-state index is 11.0. The molecular weight excluding hydrogens is 268 g/mol. The van der Waals surface area contributed by atoms with Crippen molar-refractivity contribution in [1.29, 1.82) is 0 Å². The number of pyridine rings is 1. The quantitative estimate of drug-likeness (QED) is 0.935. The molecule has 1 fully saturated rings. The van der Waals surface area contributed by atoms with Crippen molar-refractivity contribution < 1.29 is 14.6 Å².